The summed E-state index contributed by atoms with van der Waals surface area (Å²) in [6, 6.07) is 5.54. The highest BCUT2D eigenvalue weighted by molar-refractivity contribution is 6.01. The van der Waals surface area contributed by atoms with Crippen LogP contribution in [0.2, 0.25) is 0 Å². The molecule has 0 bridgehead atoms. The van der Waals surface area contributed by atoms with Crippen molar-refractivity contribution in [2.45, 2.75) is 50.2 Å². The molecule has 35 heavy (non-hydrogen) atoms. The number of fused-ring (bicyclic) bond motifs is 2. The molecule has 0 aliphatic carbocycles. The van der Waals surface area contributed by atoms with Crippen molar-refractivity contribution in [3.8, 4) is 5.75 Å². The first-order valence-electron chi connectivity index (χ1n) is 12.2. The largest absolute Gasteiger partial charge is 0.491 e. The number of amides is 4. The van der Waals surface area contributed by atoms with E-state index in [4.69, 9.17) is 9.47 Å². The van der Waals surface area contributed by atoms with Crippen molar-refractivity contribution in [2.24, 2.45) is 0 Å². The quantitative estimate of drug-likeness (QED) is 0.672. The van der Waals surface area contributed by atoms with Crippen LogP contribution in [0.3, 0.4) is 0 Å². The van der Waals surface area contributed by atoms with E-state index in [1.165, 1.54) is 4.90 Å². The normalized spacial score (nSPS) is 26.1. The van der Waals surface area contributed by atoms with Gasteiger partial charge >= 0.3 is 0 Å². The van der Waals surface area contributed by atoms with Gasteiger partial charge in [-0.25, -0.2) is 0 Å². The minimum atomic E-state index is -1.07. The van der Waals surface area contributed by atoms with Crippen LogP contribution in [0.4, 0.5) is 0 Å². The number of rotatable bonds is 3. The summed E-state index contributed by atoms with van der Waals surface area (Å²) >= 11 is 0. The lowest BCUT2D eigenvalue weighted by molar-refractivity contribution is -0.142. The van der Waals surface area contributed by atoms with Crippen LogP contribution >= 0.6 is 0 Å². The van der Waals surface area contributed by atoms with Crippen molar-refractivity contribution in [1.82, 2.24) is 20.0 Å². The predicted octanol–water partition coefficient (Wildman–Crippen LogP) is 0.654. The average molecular weight is 487 g/mol. The van der Waals surface area contributed by atoms with Crippen molar-refractivity contribution in [2.75, 3.05) is 47.0 Å². The van der Waals surface area contributed by atoms with Gasteiger partial charge in [-0.3, -0.25) is 19.2 Å². The van der Waals surface area contributed by atoms with E-state index in [0.717, 1.165) is 25.7 Å². The van der Waals surface area contributed by atoms with Gasteiger partial charge < -0.3 is 29.5 Å². The van der Waals surface area contributed by atoms with Crippen LogP contribution < -0.4 is 10.1 Å². The molecule has 2 fully saturated rings. The molecule has 0 aromatic heterocycles. The lowest BCUT2D eigenvalue weighted by Gasteiger charge is -2.31. The highest BCUT2D eigenvalue weighted by Crippen LogP contribution is 2.24. The summed E-state index contributed by atoms with van der Waals surface area (Å²) < 4.78 is 11.3. The Balaban J connectivity index is 1.63. The molecule has 1 aromatic rings. The number of carbonyl (C=O) groups excluding carboxylic acids is 4. The minimum absolute atomic E-state index is 0.0865. The molecule has 1 N–H and O–H groups in total. The number of benzene rings is 1. The first-order chi connectivity index (χ1) is 16.9. The molecule has 0 radical (unpaired) electrons. The third kappa shape index (κ3) is 5.58. The van der Waals surface area contributed by atoms with Crippen LogP contribution in [0.15, 0.2) is 24.3 Å². The van der Waals surface area contributed by atoms with E-state index in [0.29, 0.717) is 25.4 Å². The van der Waals surface area contributed by atoms with Crippen LogP contribution in [0.5, 0.6) is 5.75 Å². The van der Waals surface area contributed by atoms with E-state index in [-0.39, 0.29) is 54.9 Å². The van der Waals surface area contributed by atoms with E-state index in [1.54, 1.807) is 48.2 Å². The van der Waals surface area contributed by atoms with Crippen molar-refractivity contribution in [3.05, 3.63) is 29.8 Å². The first kappa shape index (κ1) is 25.0. The summed E-state index contributed by atoms with van der Waals surface area (Å²) in [6.07, 6.45) is 3.05. The zero-order valence-electron chi connectivity index (χ0n) is 20.4. The fourth-order valence-corrected chi connectivity index (χ4v) is 5.14. The van der Waals surface area contributed by atoms with Crippen molar-refractivity contribution in [3.63, 3.8) is 0 Å². The lowest BCUT2D eigenvalue weighted by Crippen LogP contribution is -2.53. The molecule has 0 unspecified atom stereocenters. The molecule has 0 spiro atoms. The smallest absolute Gasteiger partial charge is 0.255 e. The van der Waals surface area contributed by atoms with Gasteiger partial charge in [0.15, 0.2) is 0 Å². The molecule has 0 saturated carbocycles. The molecule has 2 saturated heterocycles. The van der Waals surface area contributed by atoms with E-state index in [1.807, 2.05) is 0 Å². The first-order valence-corrected chi connectivity index (χ1v) is 12.2. The summed E-state index contributed by atoms with van der Waals surface area (Å²) in [4.78, 5) is 57.7. The average Bonchev–Trinajstić information content (AvgIpc) is 3.51. The lowest BCUT2D eigenvalue weighted by atomic mass is 10.1. The third-order valence-electron chi connectivity index (χ3n) is 7.06. The number of ether oxygens (including phenoxy) is 2. The summed E-state index contributed by atoms with van der Waals surface area (Å²) in [5.74, 6) is -0.945. The number of nitrogens with one attached hydrogen (secondary N) is 1. The Morgan fingerprint density at radius 2 is 1.89 bits per heavy atom. The third-order valence-corrected chi connectivity index (χ3v) is 7.06. The Morgan fingerprint density at radius 3 is 2.69 bits per heavy atom. The second kappa shape index (κ2) is 11.1. The minimum Gasteiger partial charge on any atom is -0.491 e. The molecule has 4 rings (SSSR count). The standard InChI is InChI=1S/C25H34N4O6/c1-27-14-23(31)28-11-5-8-18(28)16-35-21-10-4-3-9-19(21)24(32)26-20(13-22(27)30)25(33)29-12-6-7-17(29)15-34-2/h3-4,9-10,17-18,20H,5-8,11-16H2,1-2H3,(H,26,32)/t17-,18+,20-/m0/s1. The Kier molecular flexibility index (Phi) is 7.90. The van der Waals surface area contributed by atoms with Gasteiger partial charge in [0.25, 0.3) is 5.91 Å². The van der Waals surface area contributed by atoms with Crippen LogP contribution in [0, 0.1) is 0 Å². The van der Waals surface area contributed by atoms with E-state index in [9.17, 15) is 19.2 Å². The van der Waals surface area contributed by atoms with Crippen molar-refractivity contribution >= 4 is 23.6 Å². The van der Waals surface area contributed by atoms with E-state index < -0.39 is 11.9 Å². The summed E-state index contributed by atoms with van der Waals surface area (Å²) in [6.45, 7) is 1.70. The van der Waals surface area contributed by atoms with Gasteiger partial charge in [-0.05, 0) is 37.8 Å². The van der Waals surface area contributed by atoms with Crippen LogP contribution in [-0.4, -0.2) is 103 Å². The molecule has 3 aliphatic heterocycles. The number of carbonyl (C=O) groups is 4. The Hall–Kier alpha value is -3.14. The second-order valence-electron chi connectivity index (χ2n) is 9.45. The molecular weight excluding hydrogens is 452 g/mol. The number of hydrogen-bond acceptors (Lipinski definition) is 6. The van der Waals surface area contributed by atoms with Gasteiger partial charge in [-0.1, -0.05) is 12.1 Å². The van der Waals surface area contributed by atoms with Crippen LogP contribution in [0.1, 0.15) is 42.5 Å². The maximum Gasteiger partial charge on any atom is 0.255 e. The molecule has 4 amide bonds. The molecule has 190 valence electrons. The number of likely N-dealkylation sites (tertiary alicyclic amines) is 1. The zero-order chi connectivity index (χ0) is 24.9. The molecule has 1 aromatic carbocycles. The number of nitrogens with zero attached hydrogens (tertiary/aromatic N) is 3. The molecule has 3 aliphatic rings. The maximum absolute atomic E-state index is 13.5. The molecular formula is C25H34N4O6. The molecule has 3 heterocycles. The maximum atomic E-state index is 13.5. The Labute approximate surface area is 205 Å². The number of likely N-dealkylation sites (N-methyl/N-ethyl adjacent to an activating group) is 1. The van der Waals surface area contributed by atoms with Gasteiger partial charge in [0.05, 0.1) is 37.2 Å². The van der Waals surface area contributed by atoms with Crippen LogP contribution in [-0.2, 0) is 19.1 Å². The fourth-order valence-electron chi connectivity index (χ4n) is 5.14. The van der Waals surface area contributed by atoms with Crippen molar-refractivity contribution < 1.29 is 28.7 Å². The highest BCUT2D eigenvalue weighted by atomic mass is 16.5. The molecule has 10 nitrogen and oxygen atoms in total. The van der Waals surface area contributed by atoms with Gasteiger partial charge in [-0.2, -0.15) is 0 Å². The van der Waals surface area contributed by atoms with E-state index >= 15 is 0 Å². The van der Waals surface area contributed by atoms with Gasteiger partial charge in [0.2, 0.25) is 17.7 Å². The topological polar surface area (TPSA) is 108 Å². The molecule has 10 heteroatoms. The van der Waals surface area contributed by atoms with Gasteiger partial charge in [-0.15, -0.1) is 0 Å². The van der Waals surface area contributed by atoms with Crippen molar-refractivity contribution in [1.29, 1.82) is 0 Å². The monoisotopic (exact) mass is 486 g/mol. The highest BCUT2D eigenvalue weighted by Gasteiger charge is 2.37. The van der Waals surface area contributed by atoms with Gasteiger partial charge in [0, 0.05) is 27.2 Å². The summed E-state index contributed by atoms with van der Waals surface area (Å²) in [7, 11) is 3.14. The number of methoxy groups -OCH3 is 1. The van der Waals surface area contributed by atoms with Gasteiger partial charge in [0.1, 0.15) is 18.4 Å². The van der Waals surface area contributed by atoms with Crippen LogP contribution in [0.25, 0.3) is 0 Å². The number of hydrogen-bond donors (Lipinski definition) is 1. The number of para-hydroxylation sites is 1. The fraction of sp³-hybridized carbons (Fsp3) is 0.600. The zero-order valence-corrected chi connectivity index (χ0v) is 20.4. The summed E-state index contributed by atoms with van der Waals surface area (Å²) in [5.41, 5.74) is 0.286. The predicted molar refractivity (Wildman–Crippen MR) is 127 cm³/mol. The second-order valence-corrected chi connectivity index (χ2v) is 9.45. The Morgan fingerprint density at radius 1 is 1.11 bits per heavy atom. The Bertz CT molecular complexity index is 969. The SMILES string of the molecule is COC[C@@H]1CCCN1C(=O)[C@@H]1CC(=O)N(C)CC(=O)N2CCC[C@@H]2COc2ccccc2C(=O)N1. The summed E-state index contributed by atoms with van der Waals surface area (Å²) in [5, 5.41) is 2.78. The molecule has 3 atom stereocenters. The van der Waals surface area contributed by atoms with E-state index in [2.05, 4.69) is 5.32 Å².